The maximum Gasteiger partial charge on any atom is 0.254 e. The molecule has 2 aromatic rings. The van der Waals surface area contributed by atoms with Gasteiger partial charge in [-0.1, -0.05) is 12.1 Å². The second-order valence-electron chi connectivity index (χ2n) is 8.63. The molecule has 2 aliphatic rings. The van der Waals surface area contributed by atoms with Crippen molar-refractivity contribution in [3.05, 3.63) is 59.7 Å². The number of ether oxygens (including phenoxy) is 2. The predicted molar refractivity (Wildman–Crippen MR) is 123 cm³/mol. The molecule has 0 aliphatic carbocycles. The number of likely N-dealkylation sites (tertiary alicyclic amines) is 2. The lowest BCUT2D eigenvalue weighted by molar-refractivity contribution is 0.0708. The Morgan fingerprint density at radius 1 is 0.935 bits per heavy atom. The van der Waals surface area contributed by atoms with Gasteiger partial charge in [0.25, 0.3) is 5.91 Å². The smallest absolute Gasteiger partial charge is 0.254 e. The fraction of sp³-hybridized carbons (Fsp3) is 0.500. The number of rotatable bonds is 9. The molecule has 4 rings (SSSR count). The fourth-order valence-electron chi connectivity index (χ4n) is 4.67. The van der Waals surface area contributed by atoms with E-state index in [4.69, 9.17) is 9.47 Å². The molecule has 166 valence electrons. The van der Waals surface area contributed by atoms with Crippen molar-refractivity contribution in [2.24, 2.45) is 0 Å². The van der Waals surface area contributed by atoms with E-state index in [1.807, 2.05) is 36.4 Å². The Morgan fingerprint density at radius 3 is 2.35 bits per heavy atom. The average molecular weight is 423 g/mol. The summed E-state index contributed by atoms with van der Waals surface area (Å²) in [6.45, 7) is 4.93. The van der Waals surface area contributed by atoms with E-state index in [0.29, 0.717) is 12.6 Å². The first-order valence-electron chi connectivity index (χ1n) is 11.6. The van der Waals surface area contributed by atoms with Crippen LogP contribution in [0, 0.1) is 0 Å². The molecular formula is C26H34N2O3. The first-order valence-corrected chi connectivity index (χ1v) is 11.6. The number of hydrogen-bond acceptors (Lipinski definition) is 4. The molecule has 5 heteroatoms. The van der Waals surface area contributed by atoms with E-state index in [1.54, 1.807) is 7.11 Å². The van der Waals surface area contributed by atoms with Crippen molar-refractivity contribution in [2.75, 3.05) is 39.9 Å². The normalized spacial score (nSPS) is 19.0. The highest BCUT2D eigenvalue weighted by Gasteiger charge is 2.31. The largest absolute Gasteiger partial charge is 0.497 e. The SMILES string of the molecule is COc1ccc(CCCOc2ccc(C(=O)N3CCC[C@H]3CN3CCCC3)cc2)cc1. The van der Waals surface area contributed by atoms with Crippen LogP contribution in [0.1, 0.15) is 48.0 Å². The zero-order valence-corrected chi connectivity index (χ0v) is 18.6. The highest BCUT2D eigenvalue weighted by Crippen LogP contribution is 2.23. The van der Waals surface area contributed by atoms with E-state index in [9.17, 15) is 4.79 Å². The number of amides is 1. The van der Waals surface area contributed by atoms with Crippen LogP contribution in [0.4, 0.5) is 0 Å². The van der Waals surface area contributed by atoms with Gasteiger partial charge in [0.1, 0.15) is 11.5 Å². The molecule has 0 N–H and O–H groups in total. The quantitative estimate of drug-likeness (QED) is 0.562. The van der Waals surface area contributed by atoms with Gasteiger partial charge in [-0.05, 0) is 93.6 Å². The average Bonchev–Trinajstić information content (AvgIpc) is 3.50. The predicted octanol–water partition coefficient (Wildman–Crippen LogP) is 4.41. The van der Waals surface area contributed by atoms with Gasteiger partial charge < -0.3 is 19.3 Å². The molecule has 0 radical (unpaired) electrons. The minimum Gasteiger partial charge on any atom is -0.497 e. The van der Waals surface area contributed by atoms with Crippen LogP contribution in [0.5, 0.6) is 11.5 Å². The van der Waals surface area contributed by atoms with Crippen molar-refractivity contribution in [3.63, 3.8) is 0 Å². The highest BCUT2D eigenvalue weighted by atomic mass is 16.5. The van der Waals surface area contributed by atoms with E-state index >= 15 is 0 Å². The summed E-state index contributed by atoms with van der Waals surface area (Å²) in [5.74, 6) is 1.86. The highest BCUT2D eigenvalue weighted by molar-refractivity contribution is 5.94. The number of carbonyl (C=O) groups excluding carboxylic acids is 1. The summed E-state index contributed by atoms with van der Waals surface area (Å²) >= 11 is 0. The van der Waals surface area contributed by atoms with Crippen molar-refractivity contribution in [1.82, 2.24) is 9.80 Å². The molecule has 1 amide bonds. The van der Waals surface area contributed by atoms with Crippen LogP contribution in [0.25, 0.3) is 0 Å². The van der Waals surface area contributed by atoms with Crippen molar-refractivity contribution in [2.45, 2.75) is 44.6 Å². The van der Waals surface area contributed by atoms with Crippen molar-refractivity contribution in [3.8, 4) is 11.5 Å². The maximum absolute atomic E-state index is 13.1. The van der Waals surface area contributed by atoms with Crippen LogP contribution in [0.2, 0.25) is 0 Å². The summed E-state index contributed by atoms with van der Waals surface area (Å²) in [5, 5.41) is 0. The van der Waals surface area contributed by atoms with Gasteiger partial charge in [0.05, 0.1) is 13.7 Å². The third-order valence-corrected chi connectivity index (χ3v) is 6.44. The molecule has 5 nitrogen and oxygen atoms in total. The first-order chi connectivity index (χ1) is 15.2. The van der Waals surface area contributed by atoms with Gasteiger partial charge in [-0.3, -0.25) is 4.79 Å². The molecule has 31 heavy (non-hydrogen) atoms. The molecule has 2 fully saturated rings. The summed E-state index contributed by atoms with van der Waals surface area (Å²) in [6, 6.07) is 16.2. The van der Waals surface area contributed by atoms with E-state index in [0.717, 1.165) is 55.8 Å². The summed E-state index contributed by atoms with van der Waals surface area (Å²) in [4.78, 5) is 17.7. The van der Waals surface area contributed by atoms with E-state index in [2.05, 4.69) is 21.9 Å². The Balaban J connectivity index is 1.23. The first kappa shape index (κ1) is 21.7. The second kappa shape index (κ2) is 10.7. The Kier molecular flexibility index (Phi) is 7.47. The standard InChI is InChI=1S/C26H34N2O3/c1-30-24-12-8-21(9-13-24)6-5-19-31-25-14-10-22(11-15-25)26(29)28-18-4-7-23(28)20-27-16-2-3-17-27/h8-15,23H,2-7,16-20H2,1H3/t23-/m0/s1. The van der Waals surface area contributed by atoms with Crippen molar-refractivity contribution < 1.29 is 14.3 Å². The number of hydrogen-bond donors (Lipinski definition) is 0. The monoisotopic (exact) mass is 422 g/mol. The number of nitrogens with zero attached hydrogens (tertiary/aromatic N) is 2. The summed E-state index contributed by atoms with van der Waals surface area (Å²) in [6.07, 6.45) is 6.73. The number of benzene rings is 2. The lowest BCUT2D eigenvalue weighted by Gasteiger charge is -2.28. The molecule has 1 atom stereocenters. The van der Waals surface area contributed by atoms with Gasteiger partial charge in [0.15, 0.2) is 0 Å². The summed E-state index contributed by atoms with van der Waals surface area (Å²) in [7, 11) is 1.68. The molecule has 0 bridgehead atoms. The van der Waals surface area contributed by atoms with E-state index in [1.165, 1.54) is 31.5 Å². The van der Waals surface area contributed by atoms with Crippen LogP contribution >= 0.6 is 0 Å². The molecule has 2 heterocycles. The summed E-state index contributed by atoms with van der Waals surface area (Å²) in [5.41, 5.74) is 2.04. The third-order valence-electron chi connectivity index (χ3n) is 6.44. The van der Waals surface area contributed by atoms with Gasteiger partial charge in [-0.25, -0.2) is 0 Å². The van der Waals surface area contributed by atoms with Gasteiger partial charge in [-0.15, -0.1) is 0 Å². The lowest BCUT2D eigenvalue weighted by Crippen LogP contribution is -2.42. The molecule has 0 spiro atoms. The van der Waals surface area contributed by atoms with Crippen LogP contribution < -0.4 is 9.47 Å². The Morgan fingerprint density at radius 2 is 1.65 bits per heavy atom. The van der Waals surface area contributed by atoms with Crippen LogP contribution in [0.3, 0.4) is 0 Å². The fourth-order valence-corrected chi connectivity index (χ4v) is 4.67. The number of methoxy groups -OCH3 is 1. The second-order valence-corrected chi connectivity index (χ2v) is 8.63. The molecule has 0 aromatic heterocycles. The third kappa shape index (κ3) is 5.79. The molecule has 2 aromatic carbocycles. The van der Waals surface area contributed by atoms with Crippen LogP contribution in [-0.4, -0.2) is 61.6 Å². The zero-order valence-electron chi connectivity index (χ0n) is 18.6. The van der Waals surface area contributed by atoms with E-state index < -0.39 is 0 Å². The van der Waals surface area contributed by atoms with Crippen LogP contribution in [-0.2, 0) is 6.42 Å². The van der Waals surface area contributed by atoms with Gasteiger partial charge in [-0.2, -0.15) is 0 Å². The van der Waals surface area contributed by atoms with Gasteiger partial charge in [0.2, 0.25) is 0 Å². The molecule has 2 saturated heterocycles. The number of carbonyl (C=O) groups is 1. The topological polar surface area (TPSA) is 42.0 Å². The van der Waals surface area contributed by atoms with E-state index in [-0.39, 0.29) is 5.91 Å². The molecule has 2 aliphatic heterocycles. The van der Waals surface area contributed by atoms with Crippen LogP contribution in [0.15, 0.2) is 48.5 Å². The van der Waals surface area contributed by atoms with Gasteiger partial charge >= 0.3 is 0 Å². The van der Waals surface area contributed by atoms with Crippen molar-refractivity contribution >= 4 is 5.91 Å². The lowest BCUT2D eigenvalue weighted by atomic mass is 10.1. The zero-order chi connectivity index (χ0) is 21.5. The van der Waals surface area contributed by atoms with Gasteiger partial charge in [0, 0.05) is 24.7 Å². The number of aryl methyl sites for hydroxylation is 1. The summed E-state index contributed by atoms with van der Waals surface area (Å²) < 4.78 is 11.1. The minimum absolute atomic E-state index is 0.160. The molecular weight excluding hydrogens is 388 g/mol. The Bertz CT molecular complexity index is 829. The Hall–Kier alpha value is -2.53. The maximum atomic E-state index is 13.1. The minimum atomic E-state index is 0.160. The Labute approximate surface area is 185 Å². The molecule has 0 unspecified atom stereocenters. The van der Waals surface area contributed by atoms with Crippen molar-refractivity contribution in [1.29, 1.82) is 0 Å². The molecule has 0 saturated carbocycles.